The van der Waals surface area contributed by atoms with Gasteiger partial charge >= 0.3 is 0 Å². The van der Waals surface area contributed by atoms with Crippen LogP contribution in [0.5, 0.6) is 0 Å². The molecule has 1 aliphatic rings. The van der Waals surface area contributed by atoms with Gasteiger partial charge < -0.3 is 15.4 Å². The standard InChI is InChI=1S/C13H19BrN2O2/c14-10-6-11(15-7-10)12(18)16-8-13(9-17)4-2-1-3-5-13/h6-7,15,17H,1-5,8-9H2,(H,16,18). The molecule has 2 rings (SSSR count). The minimum absolute atomic E-state index is 0.112. The number of aliphatic hydroxyl groups is 1. The van der Waals surface area contributed by atoms with Gasteiger partial charge in [-0.05, 0) is 34.8 Å². The van der Waals surface area contributed by atoms with Crippen LogP contribution in [-0.2, 0) is 0 Å². The molecule has 1 aromatic rings. The Morgan fingerprint density at radius 3 is 2.72 bits per heavy atom. The zero-order valence-corrected chi connectivity index (χ0v) is 11.9. The number of hydrogen-bond acceptors (Lipinski definition) is 2. The molecule has 0 spiro atoms. The molecule has 4 nitrogen and oxygen atoms in total. The van der Waals surface area contributed by atoms with Crippen LogP contribution in [0.2, 0.25) is 0 Å². The van der Waals surface area contributed by atoms with Crippen molar-refractivity contribution in [1.82, 2.24) is 10.3 Å². The van der Waals surface area contributed by atoms with Gasteiger partial charge in [0.05, 0.1) is 6.61 Å². The summed E-state index contributed by atoms with van der Waals surface area (Å²) < 4.78 is 0.863. The Morgan fingerprint density at radius 1 is 1.44 bits per heavy atom. The van der Waals surface area contributed by atoms with E-state index in [0.717, 1.165) is 30.2 Å². The smallest absolute Gasteiger partial charge is 0.267 e. The van der Waals surface area contributed by atoms with Crippen LogP contribution < -0.4 is 5.32 Å². The van der Waals surface area contributed by atoms with Gasteiger partial charge in [-0.2, -0.15) is 0 Å². The summed E-state index contributed by atoms with van der Waals surface area (Å²) in [6, 6.07) is 1.75. The highest BCUT2D eigenvalue weighted by Crippen LogP contribution is 2.35. The molecule has 0 saturated heterocycles. The molecule has 18 heavy (non-hydrogen) atoms. The summed E-state index contributed by atoms with van der Waals surface area (Å²) in [6.45, 7) is 0.709. The fourth-order valence-corrected chi connectivity index (χ4v) is 2.90. The number of amides is 1. The SMILES string of the molecule is O=C(NCC1(CO)CCCCC1)c1cc(Br)c[nH]1. The predicted octanol–water partition coefficient (Wildman–Crippen LogP) is 2.45. The molecule has 1 aliphatic carbocycles. The fourth-order valence-electron chi connectivity index (χ4n) is 2.55. The average molecular weight is 315 g/mol. The molecule has 0 aliphatic heterocycles. The third-order valence-corrected chi connectivity index (χ3v) is 4.22. The van der Waals surface area contributed by atoms with Crippen LogP contribution in [0.4, 0.5) is 0 Å². The lowest BCUT2D eigenvalue weighted by atomic mass is 9.74. The van der Waals surface area contributed by atoms with Crippen molar-refractivity contribution in [1.29, 1.82) is 0 Å². The summed E-state index contributed by atoms with van der Waals surface area (Å²) in [6.07, 6.45) is 7.25. The van der Waals surface area contributed by atoms with Crippen LogP contribution in [0, 0.1) is 5.41 Å². The minimum atomic E-state index is -0.113. The van der Waals surface area contributed by atoms with E-state index in [1.165, 1.54) is 6.42 Å². The molecule has 0 bridgehead atoms. The number of hydrogen-bond donors (Lipinski definition) is 3. The molecule has 0 unspecified atom stereocenters. The largest absolute Gasteiger partial charge is 0.396 e. The molecule has 1 heterocycles. The van der Waals surface area contributed by atoms with E-state index < -0.39 is 0 Å². The van der Waals surface area contributed by atoms with Gasteiger partial charge in [-0.15, -0.1) is 0 Å². The van der Waals surface area contributed by atoms with Crippen LogP contribution in [0.3, 0.4) is 0 Å². The van der Waals surface area contributed by atoms with Crippen molar-refractivity contribution in [3.63, 3.8) is 0 Å². The lowest BCUT2D eigenvalue weighted by Gasteiger charge is -2.35. The van der Waals surface area contributed by atoms with E-state index in [0.29, 0.717) is 12.2 Å². The first-order valence-electron chi connectivity index (χ1n) is 6.38. The average Bonchev–Trinajstić information content (AvgIpc) is 2.84. The van der Waals surface area contributed by atoms with Gasteiger partial charge in [0, 0.05) is 22.6 Å². The van der Waals surface area contributed by atoms with Crippen LogP contribution in [0.15, 0.2) is 16.7 Å². The second kappa shape index (κ2) is 5.89. The van der Waals surface area contributed by atoms with Gasteiger partial charge in [-0.3, -0.25) is 4.79 Å². The number of nitrogens with one attached hydrogen (secondary N) is 2. The van der Waals surface area contributed by atoms with Gasteiger partial charge in [0.15, 0.2) is 0 Å². The van der Waals surface area contributed by atoms with E-state index in [4.69, 9.17) is 0 Å². The first kappa shape index (κ1) is 13.6. The monoisotopic (exact) mass is 314 g/mol. The van der Waals surface area contributed by atoms with Gasteiger partial charge in [-0.25, -0.2) is 0 Å². The lowest BCUT2D eigenvalue weighted by molar-refractivity contribution is 0.0716. The van der Waals surface area contributed by atoms with Crippen molar-refractivity contribution in [2.75, 3.05) is 13.2 Å². The topological polar surface area (TPSA) is 65.1 Å². The first-order chi connectivity index (χ1) is 8.65. The van der Waals surface area contributed by atoms with Gasteiger partial charge in [0.2, 0.25) is 0 Å². The number of H-pyrrole nitrogens is 1. The Labute approximate surface area is 115 Å². The highest BCUT2D eigenvalue weighted by Gasteiger charge is 2.31. The summed E-state index contributed by atoms with van der Waals surface area (Å²) in [5.41, 5.74) is 0.434. The summed E-state index contributed by atoms with van der Waals surface area (Å²) in [7, 11) is 0. The van der Waals surface area contributed by atoms with Crippen molar-refractivity contribution in [2.45, 2.75) is 32.1 Å². The molecule has 1 amide bonds. The van der Waals surface area contributed by atoms with Gasteiger partial charge in [0.1, 0.15) is 5.69 Å². The molecule has 0 aromatic carbocycles. The van der Waals surface area contributed by atoms with E-state index >= 15 is 0 Å². The van der Waals surface area contributed by atoms with Crippen molar-refractivity contribution >= 4 is 21.8 Å². The number of carbonyl (C=O) groups is 1. The second-order valence-electron chi connectivity index (χ2n) is 5.13. The summed E-state index contributed by atoms with van der Waals surface area (Å²) >= 11 is 3.30. The van der Waals surface area contributed by atoms with E-state index in [1.54, 1.807) is 12.3 Å². The Morgan fingerprint density at radius 2 is 2.17 bits per heavy atom. The third kappa shape index (κ3) is 3.14. The van der Waals surface area contributed by atoms with Crippen molar-refractivity contribution in [3.05, 3.63) is 22.4 Å². The van der Waals surface area contributed by atoms with Crippen molar-refractivity contribution in [3.8, 4) is 0 Å². The molecule has 3 N–H and O–H groups in total. The molecule has 100 valence electrons. The lowest BCUT2D eigenvalue weighted by Crippen LogP contribution is -2.41. The van der Waals surface area contributed by atoms with Gasteiger partial charge in [-0.1, -0.05) is 19.3 Å². The summed E-state index contributed by atoms with van der Waals surface area (Å²) in [5.74, 6) is -0.112. The van der Waals surface area contributed by atoms with Gasteiger partial charge in [0.25, 0.3) is 5.91 Å². The molecule has 1 fully saturated rings. The van der Waals surface area contributed by atoms with Crippen LogP contribution in [0.25, 0.3) is 0 Å². The predicted molar refractivity (Wildman–Crippen MR) is 73.4 cm³/mol. The zero-order chi connectivity index (χ0) is 13.0. The summed E-state index contributed by atoms with van der Waals surface area (Å²) in [5, 5.41) is 12.5. The first-order valence-corrected chi connectivity index (χ1v) is 7.17. The number of aromatic amines is 1. The number of halogens is 1. The molecule has 5 heteroatoms. The van der Waals surface area contributed by atoms with Crippen molar-refractivity contribution < 1.29 is 9.90 Å². The number of aromatic nitrogens is 1. The Balaban J connectivity index is 1.91. The second-order valence-corrected chi connectivity index (χ2v) is 6.05. The highest BCUT2D eigenvalue weighted by atomic mass is 79.9. The molecular weight excluding hydrogens is 296 g/mol. The van der Waals surface area contributed by atoms with E-state index in [9.17, 15) is 9.90 Å². The van der Waals surface area contributed by atoms with Crippen molar-refractivity contribution in [2.24, 2.45) is 5.41 Å². The Kier molecular flexibility index (Phi) is 4.45. The molecular formula is C13H19BrN2O2. The summed E-state index contributed by atoms with van der Waals surface area (Å²) in [4.78, 5) is 14.8. The zero-order valence-electron chi connectivity index (χ0n) is 10.3. The van der Waals surface area contributed by atoms with E-state index in [1.807, 2.05) is 0 Å². The quantitative estimate of drug-likeness (QED) is 0.799. The number of carbonyl (C=O) groups excluding carboxylic acids is 1. The van der Waals surface area contributed by atoms with E-state index in [2.05, 4.69) is 26.2 Å². The molecule has 1 saturated carbocycles. The number of aliphatic hydroxyl groups excluding tert-OH is 1. The molecule has 0 atom stereocenters. The van der Waals surface area contributed by atoms with Crippen LogP contribution in [0.1, 0.15) is 42.6 Å². The highest BCUT2D eigenvalue weighted by molar-refractivity contribution is 9.10. The Hall–Kier alpha value is -0.810. The van der Waals surface area contributed by atoms with E-state index in [-0.39, 0.29) is 17.9 Å². The normalized spacial score (nSPS) is 18.6. The van der Waals surface area contributed by atoms with Crippen LogP contribution in [-0.4, -0.2) is 29.1 Å². The molecule has 1 aromatic heterocycles. The number of rotatable bonds is 4. The van der Waals surface area contributed by atoms with Crippen LogP contribution >= 0.6 is 15.9 Å². The fraction of sp³-hybridized carbons (Fsp3) is 0.615. The maximum absolute atomic E-state index is 11.9. The Bertz CT molecular complexity index is 411. The third-order valence-electron chi connectivity index (χ3n) is 3.77. The minimum Gasteiger partial charge on any atom is -0.396 e. The molecule has 0 radical (unpaired) electrons. The maximum Gasteiger partial charge on any atom is 0.267 e. The maximum atomic E-state index is 11.9.